The molecule has 0 amide bonds. The molecule has 0 radical (unpaired) electrons. The van der Waals surface area contributed by atoms with Gasteiger partial charge in [0.25, 0.3) is 0 Å². The first-order valence-electron chi connectivity index (χ1n) is 10.5. The third kappa shape index (κ3) is 6.11. The Labute approximate surface area is 205 Å². The smallest absolute Gasteiger partial charge is 0.406 e. The normalized spacial score (nSPS) is 16.9. The molecule has 0 atom stereocenters. The maximum absolute atomic E-state index is 13.2. The molecule has 0 bridgehead atoms. The van der Waals surface area contributed by atoms with Gasteiger partial charge in [0.15, 0.2) is 0 Å². The average molecular weight is 531 g/mol. The zero-order chi connectivity index (χ0) is 24.4. The van der Waals surface area contributed by atoms with Gasteiger partial charge >= 0.3 is 6.36 Å². The second-order valence-electron chi connectivity index (χ2n) is 8.07. The van der Waals surface area contributed by atoms with Gasteiger partial charge in [-0.15, -0.1) is 24.5 Å². The molecule has 1 aliphatic rings. The van der Waals surface area contributed by atoms with Crippen LogP contribution in [-0.2, 0) is 22.1 Å². The number of benzene rings is 2. The number of ether oxygens (including phenoxy) is 1. The molecule has 4 rings (SSSR count). The van der Waals surface area contributed by atoms with Gasteiger partial charge in [0.2, 0.25) is 10.0 Å². The summed E-state index contributed by atoms with van der Waals surface area (Å²) in [4.78, 5) is 2.92. The molecular formula is C23H22ClF3N2O3S2. The number of hydrogen-bond acceptors (Lipinski definition) is 5. The van der Waals surface area contributed by atoms with E-state index >= 15 is 0 Å². The van der Waals surface area contributed by atoms with Gasteiger partial charge in [-0.3, -0.25) is 4.90 Å². The van der Waals surface area contributed by atoms with Crippen LogP contribution in [0.1, 0.15) is 23.3 Å². The van der Waals surface area contributed by atoms with Crippen molar-refractivity contribution in [1.82, 2.24) is 9.62 Å². The number of halogens is 4. The topological polar surface area (TPSA) is 58.6 Å². The van der Waals surface area contributed by atoms with Crippen molar-refractivity contribution < 1.29 is 26.3 Å². The molecule has 1 N–H and O–H groups in total. The Hall–Kier alpha value is -2.11. The summed E-state index contributed by atoms with van der Waals surface area (Å²) >= 11 is 7.48. The molecule has 182 valence electrons. The fourth-order valence-electron chi connectivity index (χ4n) is 4.04. The van der Waals surface area contributed by atoms with Gasteiger partial charge in [0.05, 0.1) is 14.8 Å². The molecule has 0 aliphatic carbocycles. The average Bonchev–Trinajstić information content (AvgIpc) is 3.22. The van der Waals surface area contributed by atoms with Gasteiger partial charge in [-0.2, -0.15) is 4.72 Å². The standard InChI is InChI=1S/C23H22ClF3N2O3S2/c24-21-11-10-20(33-21)22(12-14-29(15-13-22)16-17-4-2-1-3-5-17)28-34(30,31)19-8-6-18(7-9-19)32-23(25,26)27/h1-11,28H,12-16H2. The van der Waals surface area contributed by atoms with Crippen LogP contribution in [0.4, 0.5) is 13.2 Å². The summed E-state index contributed by atoms with van der Waals surface area (Å²) in [5.41, 5.74) is 0.307. The first kappa shape index (κ1) is 25.0. The third-order valence-electron chi connectivity index (χ3n) is 5.70. The van der Waals surface area contributed by atoms with Crippen molar-refractivity contribution in [2.75, 3.05) is 13.1 Å². The predicted molar refractivity (Wildman–Crippen MR) is 125 cm³/mol. The van der Waals surface area contributed by atoms with E-state index in [1.807, 2.05) is 24.3 Å². The molecule has 1 fully saturated rings. The lowest BCUT2D eigenvalue weighted by Gasteiger charge is -2.41. The number of thiophene rings is 1. The number of nitrogens with zero attached hydrogens (tertiary/aromatic N) is 1. The second-order valence-corrected chi connectivity index (χ2v) is 11.5. The van der Waals surface area contributed by atoms with E-state index in [0.29, 0.717) is 30.3 Å². The van der Waals surface area contributed by atoms with Crippen LogP contribution < -0.4 is 9.46 Å². The molecule has 5 nitrogen and oxygen atoms in total. The molecule has 1 aliphatic heterocycles. The summed E-state index contributed by atoms with van der Waals surface area (Å²) in [7, 11) is -4.04. The van der Waals surface area contributed by atoms with E-state index in [0.717, 1.165) is 35.7 Å². The van der Waals surface area contributed by atoms with Gasteiger partial charge < -0.3 is 4.74 Å². The molecule has 0 saturated carbocycles. The highest BCUT2D eigenvalue weighted by atomic mass is 35.5. The molecule has 0 spiro atoms. The van der Waals surface area contributed by atoms with E-state index in [1.54, 1.807) is 6.07 Å². The maximum atomic E-state index is 13.2. The van der Waals surface area contributed by atoms with Crippen molar-refractivity contribution in [2.45, 2.75) is 36.2 Å². The van der Waals surface area contributed by atoms with Gasteiger partial charge in [0.1, 0.15) is 5.75 Å². The number of piperidine rings is 1. The molecule has 11 heteroatoms. The second kappa shape index (κ2) is 9.87. The van der Waals surface area contributed by atoms with Crippen molar-refractivity contribution in [3.8, 4) is 5.75 Å². The fraction of sp³-hybridized carbons (Fsp3) is 0.304. The molecule has 2 aromatic carbocycles. The Kier molecular flexibility index (Phi) is 7.25. The summed E-state index contributed by atoms with van der Waals surface area (Å²) in [6.07, 6.45) is -3.81. The number of nitrogens with one attached hydrogen (secondary N) is 1. The molecular weight excluding hydrogens is 509 g/mol. The zero-order valence-corrected chi connectivity index (χ0v) is 20.3. The third-order valence-corrected chi connectivity index (χ3v) is 8.69. The van der Waals surface area contributed by atoms with Gasteiger partial charge in [-0.05, 0) is 54.8 Å². The number of alkyl halides is 3. The summed E-state index contributed by atoms with van der Waals surface area (Å²) in [6.45, 7) is 2.08. The quantitative estimate of drug-likeness (QED) is 0.421. The van der Waals surface area contributed by atoms with E-state index in [1.165, 1.54) is 16.9 Å². The van der Waals surface area contributed by atoms with E-state index in [4.69, 9.17) is 11.6 Å². The number of rotatable bonds is 7. The lowest BCUT2D eigenvalue weighted by Crippen LogP contribution is -2.52. The lowest BCUT2D eigenvalue weighted by molar-refractivity contribution is -0.274. The van der Waals surface area contributed by atoms with E-state index in [9.17, 15) is 21.6 Å². The van der Waals surface area contributed by atoms with Gasteiger partial charge in [0, 0.05) is 24.5 Å². The Morgan fingerprint density at radius 3 is 2.21 bits per heavy atom. The van der Waals surface area contributed by atoms with Gasteiger partial charge in [-0.25, -0.2) is 8.42 Å². The minimum atomic E-state index is -4.85. The summed E-state index contributed by atoms with van der Waals surface area (Å²) in [6, 6.07) is 17.8. The number of likely N-dealkylation sites (tertiary alicyclic amines) is 1. The molecule has 0 unspecified atom stereocenters. The molecule has 34 heavy (non-hydrogen) atoms. The maximum Gasteiger partial charge on any atom is 0.573 e. The van der Waals surface area contributed by atoms with Crippen molar-refractivity contribution in [1.29, 1.82) is 0 Å². The summed E-state index contributed by atoms with van der Waals surface area (Å²) in [5.74, 6) is -0.486. The predicted octanol–water partition coefficient (Wildman–Crippen LogP) is 5.77. The molecule has 3 aromatic rings. The summed E-state index contributed by atoms with van der Waals surface area (Å²) < 4.78 is 71.0. The minimum Gasteiger partial charge on any atom is -0.406 e. The van der Waals surface area contributed by atoms with Crippen LogP contribution >= 0.6 is 22.9 Å². The monoisotopic (exact) mass is 530 g/mol. The zero-order valence-electron chi connectivity index (χ0n) is 17.9. The van der Waals surface area contributed by atoms with E-state index in [-0.39, 0.29) is 4.90 Å². The van der Waals surface area contributed by atoms with Crippen LogP contribution in [0.25, 0.3) is 0 Å². The Bertz CT molecular complexity index is 1210. The number of hydrogen-bond donors (Lipinski definition) is 1. The van der Waals surface area contributed by atoms with E-state index < -0.39 is 27.7 Å². The van der Waals surface area contributed by atoms with Crippen molar-refractivity contribution in [2.24, 2.45) is 0 Å². The Balaban J connectivity index is 1.54. The Morgan fingerprint density at radius 2 is 1.65 bits per heavy atom. The highest BCUT2D eigenvalue weighted by molar-refractivity contribution is 7.89. The van der Waals surface area contributed by atoms with Crippen molar-refractivity contribution in [3.63, 3.8) is 0 Å². The van der Waals surface area contributed by atoms with Crippen LogP contribution in [-0.4, -0.2) is 32.8 Å². The Morgan fingerprint density at radius 1 is 1.00 bits per heavy atom. The van der Waals surface area contributed by atoms with Crippen LogP contribution in [0.3, 0.4) is 0 Å². The molecule has 1 saturated heterocycles. The fourth-order valence-corrected chi connectivity index (χ4v) is 6.79. The highest BCUT2D eigenvalue weighted by Gasteiger charge is 2.41. The van der Waals surface area contributed by atoms with Crippen LogP contribution in [0, 0.1) is 0 Å². The van der Waals surface area contributed by atoms with Crippen LogP contribution in [0.2, 0.25) is 4.34 Å². The number of sulfonamides is 1. The van der Waals surface area contributed by atoms with Crippen LogP contribution in [0.15, 0.2) is 71.6 Å². The van der Waals surface area contributed by atoms with Crippen molar-refractivity contribution in [3.05, 3.63) is 81.5 Å². The summed E-state index contributed by atoms with van der Waals surface area (Å²) in [5, 5.41) is 0. The molecule has 2 heterocycles. The first-order valence-corrected chi connectivity index (χ1v) is 13.1. The van der Waals surface area contributed by atoms with Crippen LogP contribution in [0.5, 0.6) is 5.75 Å². The van der Waals surface area contributed by atoms with Crippen molar-refractivity contribution >= 4 is 33.0 Å². The van der Waals surface area contributed by atoms with E-state index in [2.05, 4.69) is 26.5 Å². The first-order chi connectivity index (χ1) is 16.0. The largest absolute Gasteiger partial charge is 0.573 e. The molecule has 1 aromatic heterocycles. The minimum absolute atomic E-state index is 0.143. The van der Waals surface area contributed by atoms with Gasteiger partial charge in [-0.1, -0.05) is 41.9 Å². The SMILES string of the molecule is O=S(=O)(NC1(c2ccc(Cl)s2)CCN(Cc2ccccc2)CC1)c1ccc(OC(F)(F)F)cc1. The highest BCUT2D eigenvalue weighted by Crippen LogP contribution is 2.40. The lowest BCUT2D eigenvalue weighted by atomic mass is 9.87.